The number of hydrogen-bond donors (Lipinski definition) is 2. The van der Waals surface area contributed by atoms with E-state index in [4.69, 9.17) is 29.6 Å². The SMILES string of the molecule is CC(CNc1ccc(C(N)=S)c(Cl)c1)C(C)(C)C. The third-order valence-corrected chi connectivity index (χ3v) is 3.86. The molecule has 3 N–H and O–H groups in total. The molecule has 1 aromatic rings. The highest BCUT2D eigenvalue weighted by atomic mass is 35.5. The molecule has 0 radical (unpaired) electrons. The van der Waals surface area contributed by atoms with E-state index >= 15 is 0 Å². The van der Waals surface area contributed by atoms with Gasteiger partial charge < -0.3 is 11.1 Å². The van der Waals surface area contributed by atoms with Gasteiger partial charge >= 0.3 is 0 Å². The lowest BCUT2D eigenvalue weighted by Crippen LogP contribution is -2.24. The molecule has 0 heterocycles. The minimum atomic E-state index is 0.287. The fourth-order valence-electron chi connectivity index (χ4n) is 1.40. The number of nitrogens with two attached hydrogens (primary N) is 1. The first-order valence-corrected chi connectivity index (χ1v) is 6.83. The van der Waals surface area contributed by atoms with Crippen molar-refractivity contribution in [1.82, 2.24) is 0 Å². The van der Waals surface area contributed by atoms with Gasteiger partial charge in [-0.15, -0.1) is 0 Å². The van der Waals surface area contributed by atoms with Crippen LogP contribution in [0, 0.1) is 11.3 Å². The van der Waals surface area contributed by atoms with Crippen LogP contribution in [0.15, 0.2) is 18.2 Å². The van der Waals surface area contributed by atoms with Crippen LogP contribution in [0.5, 0.6) is 0 Å². The fourth-order valence-corrected chi connectivity index (χ4v) is 1.92. The van der Waals surface area contributed by atoms with Crippen molar-refractivity contribution in [2.75, 3.05) is 11.9 Å². The Labute approximate surface area is 120 Å². The number of anilines is 1. The maximum absolute atomic E-state index is 6.12. The van der Waals surface area contributed by atoms with Crippen LogP contribution in [0.1, 0.15) is 33.3 Å². The van der Waals surface area contributed by atoms with Crippen LogP contribution in [-0.4, -0.2) is 11.5 Å². The van der Waals surface area contributed by atoms with Crippen LogP contribution in [0.25, 0.3) is 0 Å². The van der Waals surface area contributed by atoms with Crippen molar-refractivity contribution in [2.45, 2.75) is 27.7 Å². The summed E-state index contributed by atoms with van der Waals surface area (Å²) in [6.45, 7) is 9.86. The van der Waals surface area contributed by atoms with E-state index in [1.54, 1.807) is 0 Å². The van der Waals surface area contributed by atoms with Gasteiger partial charge in [0.05, 0.1) is 5.02 Å². The van der Waals surface area contributed by atoms with Gasteiger partial charge in [0.25, 0.3) is 0 Å². The highest BCUT2D eigenvalue weighted by Gasteiger charge is 2.19. The minimum Gasteiger partial charge on any atom is -0.389 e. The van der Waals surface area contributed by atoms with Crippen molar-refractivity contribution in [2.24, 2.45) is 17.1 Å². The predicted molar refractivity (Wildman–Crippen MR) is 84.4 cm³/mol. The zero-order chi connectivity index (χ0) is 13.9. The van der Waals surface area contributed by atoms with Gasteiger partial charge in [0.2, 0.25) is 0 Å². The lowest BCUT2D eigenvalue weighted by molar-refractivity contribution is 0.274. The lowest BCUT2D eigenvalue weighted by atomic mass is 9.82. The first kappa shape index (κ1) is 15.3. The predicted octanol–water partition coefficient (Wildman–Crippen LogP) is 4.07. The Hall–Kier alpha value is -0.800. The average Bonchev–Trinajstić information content (AvgIpc) is 2.24. The van der Waals surface area contributed by atoms with Crippen molar-refractivity contribution < 1.29 is 0 Å². The Kier molecular flexibility index (Phi) is 5.00. The first-order valence-electron chi connectivity index (χ1n) is 6.05. The summed E-state index contributed by atoms with van der Waals surface area (Å²) in [4.78, 5) is 0.328. The van der Waals surface area contributed by atoms with Crippen LogP contribution >= 0.6 is 23.8 Å². The number of benzene rings is 1. The normalized spacial score (nSPS) is 13.2. The molecule has 0 spiro atoms. The summed E-state index contributed by atoms with van der Waals surface area (Å²) in [5.74, 6) is 0.562. The maximum Gasteiger partial charge on any atom is 0.105 e. The second-order valence-electron chi connectivity index (χ2n) is 5.71. The molecular weight excluding hydrogens is 264 g/mol. The summed E-state index contributed by atoms with van der Waals surface area (Å²) in [5, 5.41) is 3.98. The van der Waals surface area contributed by atoms with Gasteiger partial charge in [-0.05, 0) is 29.5 Å². The molecular formula is C14H21ClN2S. The van der Waals surface area contributed by atoms with Crippen LogP contribution in [0.3, 0.4) is 0 Å². The first-order chi connectivity index (χ1) is 8.21. The van der Waals surface area contributed by atoms with Crippen molar-refractivity contribution in [3.8, 4) is 0 Å². The van der Waals surface area contributed by atoms with E-state index in [0.29, 0.717) is 15.9 Å². The molecule has 18 heavy (non-hydrogen) atoms. The van der Waals surface area contributed by atoms with Crippen molar-refractivity contribution in [3.63, 3.8) is 0 Å². The number of thiocarbonyl (C=S) groups is 1. The molecule has 1 atom stereocenters. The Bertz CT molecular complexity index is 438. The Morgan fingerprint density at radius 3 is 2.50 bits per heavy atom. The largest absolute Gasteiger partial charge is 0.389 e. The molecule has 1 rings (SSSR count). The minimum absolute atomic E-state index is 0.287. The van der Waals surface area contributed by atoms with Crippen LogP contribution in [0.4, 0.5) is 5.69 Å². The van der Waals surface area contributed by atoms with E-state index in [1.807, 2.05) is 18.2 Å². The summed E-state index contributed by atoms with van der Waals surface area (Å²) in [7, 11) is 0. The molecule has 1 unspecified atom stereocenters. The van der Waals surface area contributed by atoms with Crippen molar-refractivity contribution in [1.29, 1.82) is 0 Å². The van der Waals surface area contributed by atoms with Crippen molar-refractivity contribution in [3.05, 3.63) is 28.8 Å². The Morgan fingerprint density at radius 2 is 2.06 bits per heavy atom. The highest BCUT2D eigenvalue weighted by molar-refractivity contribution is 7.80. The standard InChI is InChI=1S/C14H21ClN2S/c1-9(14(2,3)4)8-17-10-5-6-11(13(16)18)12(15)7-10/h5-7,9,17H,8H2,1-4H3,(H2,16,18). The number of hydrogen-bond acceptors (Lipinski definition) is 2. The fraction of sp³-hybridized carbons (Fsp3) is 0.500. The molecule has 0 aliphatic rings. The van der Waals surface area contributed by atoms with E-state index in [1.165, 1.54) is 0 Å². The summed E-state index contributed by atoms with van der Waals surface area (Å²) in [6, 6.07) is 5.68. The summed E-state index contributed by atoms with van der Waals surface area (Å²) >= 11 is 11.0. The molecule has 100 valence electrons. The molecule has 1 aromatic carbocycles. The molecule has 0 aliphatic heterocycles. The van der Waals surface area contributed by atoms with Crippen LogP contribution < -0.4 is 11.1 Å². The van der Waals surface area contributed by atoms with Gasteiger partial charge in [0, 0.05) is 17.8 Å². The molecule has 0 fully saturated rings. The third kappa shape index (κ3) is 4.14. The highest BCUT2D eigenvalue weighted by Crippen LogP contribution is 2.26. The number of halogens is 1. The zero-order valence-corrected chi connectivity index (χ0v) is 13.0. The maximum atomic E-state index is 6.12. The van der Waals surface area contributed by atoms with Gasteiger partial charge in [-0.25, -0.2) is 0 Å². The molecule has 0 amide bonds. The van der Waals surface area contributed by atoms with Gasteiger partial charge in [0.15, 0.2) is 0 Å². The molecule has 4 heteroatoms. The Morgan fingerprint density at radius 1 is 1.44 bits per heavy atom. The van der Waals surface area contributed by atoms with Crippen LogP contribution in [0.2, 0.25) is 5.02 Å². The summed E-state index contributed by atoms with van der Waals surface area (Å²) in [6.07, 6.45) is 0. The molecule has 0 aromatic heterocycles. The topological polar surface area (TPSA) is 38.0 Å². The zero-order valence-electron chi connectivity index (χ0n) is 11.4. The van der Waals surface area contributed by atoms with E-state index in [2.05, 4.69) is 33.0 Å². The molecule has 0 bridgehead atoms. The molecule has 0 saturated carbocycles. The number of rotatable bonds is 4. The second kappa shape index (κ2) is 5.89. The Balaban J connectivity index is 2.70. The van der Waals surface area contributed by atoms with E-state index in [0.717, 1.165) is 17.8 Å². The van der Waals surface area contributed by atoms with E-state index in [9.17, 15) is 0 Å². The smallest absolute Gasteiger partial charge is 0.105 e. The molecule has 2 nitrogen and oxygen atoms in total. The monoisotopic (exact) mass is 284 g/mol. The van der Waals surface area contributed by atoms with Gasteiger partial charge in [-0.1, -0.05) is 51.5 Å². The van der Waals surface area contributed by atoms with E-state index in [-0.39, 0.29) is 5.41 Å². The average molecular weight is 285 g/mol. The molecule has 0 aliphatic carbocycles. The summed E-state index contributed by atoms with van der Waals surface area (Å²) in [5.41, 5.74) is 7.58. The second-order valence-corrected chi connectivity index (χ2v) is 6.55. The lowest BCUT2D eigenvalue weighted by Gasteiger charge is -2.27. The number of nitrogens with one attached hydrogen (secondary N) is 1. The van der Waals surface area contributed by atoms with Gasteiger partial charge in [-0.2, -0.15) is 0 Å². The third-order valence-electron chi connectivity index (χ3n) is 3.33. The summed E-state index contributed by atoms with van der Waals surface area (Å²) < 4.78 is 0. The van der Waals surface area contributed by atoms with Crippen molar-refractivity contribution >= 4 is 34.5 Å². The van der Waals surface area contributed by atoms with Crippen LogP contribution in [-0.2, 0) is 0 Å². The van der Waals surface area contributed by atoms with E-state index < -0.39 is 0 Å². The van der Waals surface area contributed by atoms with Gasteiger partial charge in [-0.3, -0.25) is 0 Å². The molecule has 0 saturated heterocycles. The quantitative estimate of drug-likeness (QED) is 0.819. The van der Waals surface area contributed by atoms with Gasteiger partial charge in [0.1, 0.15) is 4.99 Å².